The first-order valence-corrected chi connectivity index (χ1v) is 10.4. The average molecular weight is 397 g/mol. The van der Waals surface area contributed by atoms with E-state index in [0.717, 1.165) is 28.1 Å². The zero-order valence-corrected chi connectivity index (χ0v) is 16.9. The normalized spacial score (nSPS) is 22.4. The van der Waals surface area contributed by atoms with Crippen LogP contribution in [0.15, 0.2) is 42.2 Å². The number of nitrogens with one attached hydrogen (secondary N) is 1. The van der Waals surface area contributed by atoms with Gasteiger partial charge in [-0.2, -0.15) is 5.10 Å². The van der Waals surface area contributed by atoms with Gasteiger partial charge in [-0.3, -0.25) is 14.9 Å². The van der Waals surface area contributed by atoms with Gasteiger partial charge in [-0.15, -0.1) is 11.3 Å². The standard InChI is InChI=1S/C21H24N4O2S/c1-3-17-10-21(27,19-14(2)5-4-7-22-19)6-8-25(17)20(26)15-9-18(28-13-15)16-11-23-24-12-16/h4-5,7,9,11-13,17,27H,3,6,8,10H2,1-2H3,(H,23,24). The van der Waals surface area contributed by atoms with Crippen LogP contribution in [0.4, 0.5) is 0 Å². The first-order chi connectivity index (χ1) is 13.5. The molecule has 3 aromatic heterocycles. The third kappa shape index (κ3) is 3.36. The lowest BCUT2D eigenvalue weighted by Gasteiger charge is -2.44. The van der Waals surface area contributed by atoms with E-state index in [1.54, 1.807) is 23.7 Å². The average Bonchev–Trinajstić information content (AvgIpc) is 3.39. The van der Waals surface area contributed by atoms with E-state index >= 15 is 0 Å². The van der Waals surface area contributed by atoms with Crippen molar-refractivity contribution in [1.29, 1.82) is 0 Å². The minimum Gasteiger partial charge on any atom is -0.383 e. The molecule has 146 valence electrons. The quantitative estimate of drug-likeness (QED) is 0.704. The van der Waals surface area contributed by atoms with Crippen molar-refractivity contribution in [2.45, 2.75) is 44.8 Å². The third-order valence-electron chi connectivity index (χ3n) is 5.59. The van der Waals surface area contributed by atoms with Gasteiger partial charge in [0.2, 0.25) is 0 Å². The van der Waals surface area contributed by atoms with Gasteiger partial charge in [-0.1, -0.05) is 13.0 Å². The first kappa shape index (κ1) is 18.8. The second-order valence-electron chi connectivity index (χ2n) is 7.40. The second kappa shape index (κ2) is 7.48. The number of piperidine rings is 1. The Bertz CT molecular complexity index is 968. The highest BCUT2D eigenvalue weighted by molar-refractivity contribution is 7.13. The van der Waals surface area contributed by atoms with Crippen molar-refractivity contribution in [1.82, 2.24) is 20.1 Å². The van der Waals surface area contributed by atoms with Crippen LogP contribution in [0.1, 0.15) is 47.8 Å². The molecule has 4 rings (SSSR count). The van der Waals surface area contributed by atoms with E-state index < -0.39 is 5.60 Å². The van der Waals surface area contributed by atoms with Crippen LogP contribution in [0.2, 0.25) is 0 Å². The summed E-state index contributed by atoms with van der Waals surface area (Å²) in [4.78, 5) is 20.5. The SMILES string of the molecule is CCC1CC(O)(c2ncccc2C)CCN1C(=O)c1csc(-c2cn[nH]c2)c1. The smallest absolute Gasteiger partial charge is 0.254 e. The maximum absolute atomic E-state index is 13.2. The number of carbonyl (C=O) groups excluding carboxylic acids is 1. The topological polar surface area (TPSA) is 82.1 Å². The number of nitrogens with zero attached hydrogens (tertiary/aromatic N) is 3. The first-order valence-electron chi connectivity index (χ1n) is 9.55. The van der Waals surface area contributed by atoms with Crippen LogP contribution in [0.5, 0.6) is 0 Å². The van der Waals surface area contributed by atoms with E-state index in [1.165, 1.54) is 0 Å². The molecular weight excluding hydrogens is 372 g/mol. The van der Waals surface area contributed by atoms with Crippen LogP contribution in [-0.4, -0.2) is 43.7 Å². The molecule has 3 aromatic rings. The summed E-state index contributed by atoms with van der Waals surface area (Å²) in [5.41, 5.74) is 2.41. The number of amides is 1. The molecule has 0 aliphatic carbocycles. The molecule has 1 aliphatic rings. The molecule has 0 spiro atoms. The molecule has 0 radical (unpaired) electrons. The fourth-order valence-corrected chi connectivity index (χ4v) is 4.93. The summed E-state index contributed by atoms with van der Waals surface area (Å²) in [7, 11) is 0. The Morgan fingerprint density at radius 3 is 3.07 bits per heavy atom. The van der Waals surface area contributed by atoms with Gasteiger partial charge in [0.1, 0.15) is 5.60 Å². The Morgan fingerprint density at radius 1 is 1.50 bits per heavy atom. The van der Waals surface area contributed by atoms with Crippen LogP contribution in [0, 0.1) is 6.92 Å². The van der Waals surface area contributed by atoms with Crippen LogP contribution < -0.4 is 0 Å². The van der Waals surface area contributed by atoms with Gasteiger partial charge in [0.05, 0.1) is 17.5 Å². The monoisotopic (exact) mass is 396 g/mol. The van der Waals surface area contributed by atoms with Gasteiger partial charge in [-0.25, -0.2) is 0 Å². The lowest BCUT2D eigenvalue weighted by Crippen LogP contribution is -2.51. The van der Waals surface area contributed by atoms with E-state index in [0.29, 0.717) is 24.9 Å². The lowest BCUT2D eigenvalue weighted by molar-refractivity contribution is -0.0478. The second-order valence-corrected chi connectivity index (χ2v) is 8.31. The molecular formula is C21H24N4O2S. The van der Waals surface area contributed by atoms with Crippen molar-refractivity contribution in [3.8, 4) is 10.4 Å². The molecule has 0 saturated carbocycles. The van der Waals surface area contributed by atoms with Gasteiger partial charge in [0.25, 0.3) is 5.91 Å². The van der Waals surface area contributed by atoms with Gasteiger partial charge < -0.3 is 10.0 Å². The highest BCUT2D eigenvalue weighted by atomic mass is 32.1. The van der Waals surface area contributed by atoms with E-state index in [-0.39, 0.29) is 11.9 Å². The maximum atomic E-state index is 13.2. The van der Waals surface area contributed by atoms with Gasteiger partial charge in [0, 0.05) is 47.2 Å². The molecule has 6 nitrogen and oxygen atoms in total. The summed E-state index contributed by atoms with van der Waals surface area (Å²) < 4.78 is 0. The largest absolute Gasteiger partial charge is 0.383 e. The van der Waals surface area contributed by atoms with Crippen LogP contribution >= 0.6 is 11.3 Å². The molecule has 1 amide bonds. The Morgan fingerprint density at radius 2 is 2.36 bits per heavy atom. The molecule has 1 saturated heterocycles. The summed E-state index contributed by atoms with van der Waals surface area (Å²) in [6.07, 6.45) is 7.09. The molecule has 1 aliphatic heterocycles. The van der Waals surface area contributed by atoms with E-state index in [4.69, 9.17) is 0 Å². The summed E-state index contributed by atoms with van der Waals surface area (Å²) in [5.74, 6) is 0.0256. The zero-order chi connectivity index (χ0) is 19.7. The number of aromatic nitrogens is 3. The maximum Gasteiger partial charge on any atom is 0.254 e. The van der Waals surface area contributed by atoms with E-state index in [2.05, 4.69) is 22.1 Å². The molecule has 0 bridgehead atoms. The number of rotatable bonds is 4. The minimum absolute atomic E-state index is 0.0232. The third-order valence-corrected chi connectivity index (χ3v) is 6.57. The molecule has 0 aromatic carbocycles. The number of aromatic amines is 1. The fourth-order valence-electron chi connectivity index (χ4n) is 4.06. The minimum atomic E-state index is -0.987. The lowest BCUT2D eigenvalue weighted by atomic mass is 9.81. The number of aryl methyl sites for hydroxylation is 1. The van der Waals surface area contributed by atoms with E-state index in [1.807, 2.05) is 41.6 Å². The van der Waals surface area contributed by atoms with Gasteiger partial charge in [-0.05, 0) is 37.5 Å². The molecule has 4 heterocycles. The van der Waals surface area contributed by atoms with Gasteiger partial charge in [0.15, 0.2) is 0 Å². The summed E-state index contributed by atoms with van der Waals surface area (Å²) in [5, 5.41) is 20.0. The van der Waals surface area contributed by atoms with Gasteiger partial charge >= 0.3 is 0 Å². The number of likely N-dealkylation sites (tertiary alicyclic amines) is 1. The van der Waals surface area contributed by atoms with Crippen molar-refractivity contribution in [2.75, 3.05) is 6.54 Å². The summed E-state index contributed by atoms with van der Waals surface area (Å²) in [6, 6.07) is 5.76. The predicted molar refractivity (Wildman–Crippen MR) is 109 cm³/mol. The van der Waals surface area contributed by atoms with Crippen molar-refractivity contribution in [2.24, 2.45) is 0 Å². The number of hydrogen-bond acceptors (Lipinski definition) is 5. The molecule has 2 N–H and O–H groups in total. The van der Waals surface area contributed by atoms with Crippen molar-refractivity contribution < 1.29 is 9.90 Å². The Labute approximate surface area is 168 Å². The van der Waals surface area contributed by atoms with Crippen LogP contribution in [0.3, 0.4) is 0 Å². The Balaban J connectivity index is 1.55. The van der Waals surface area contributed by atoms with Crippen molar-refractivity contribution in [3.63, 3.8) is 0 Å². The number of H-pyrrole nitrogens is 1. The fraction of sp³-hybridized carbons (Fsp3) is 0.381. The van der Waals surface area contributed by atoms with E-state index in [9.17, 15) is 9.90 Å². The number of thiophene rings is 1. The summed E-state index contributed by atoms with van der Waals surface area (Å²) >= 11 is 1.54. The Kier molecular flexibility index (Phi) is 5.03. The van der Waals surface area contributed by atoms with Crippen molar-refractivity contribution in [3.05, 3.63) is 59.0 Å². The predicted octanol–water partition coefficient (Wildman–Crippen LogP) is 3.74. The molecule has 28 heavy (non-hydrogen) atoms. The highest BCUT2D eigenvalue weighted by Crippen LogP contribution is 2.38. The number of aliphatic hydroxyl groups is 1. The van der Waals surface area contributed by atoms with Crippen molar-refractivity contribution >= 4 is 17.2 Å². The number of hydrogen-bond donors (Lipinski definition) is 2. The van der Waals surface area contributed by atoms with Crippen LogP contribution in [-0.2, 0) is 5.60 Å². The van der Waals surface area contributed by atoms with Crippen LogP contribution in [0.25, 0.3) is 10.4 Å². The Hall–Kier alpha value is -2.51. The molecule has 2 atom stereocenters. The molecule has 1 fully saturated rings. The molecule has 7 heteroatoms. The highest BCUT2D eigenvalue weighted by Gasteiger charge is 2.42. The summed E-state index contributed by atoms with van der Waals surface area (Å²) in [6.45, 7) is 4.55. The number of carbonyl (C=O) groups is 1. The molecule has 2 unspecified atom stereocenters. The number of pyridine rings is 1. The zero-order valence-electron chi connectivity index (χ0n) is 16.1.